The van der Waals surface area contributed by atoms with Crippen LogP contribution in [0, 0.1) is 11.8 Å². The lowest BCUT2D eigenvalue weighted by Crippen LogP contribution is -2.60. The van der Waals surface area contributed by atoms with Gasteiger partial charge in [-0.1, -0.05) is 94.8 Å². The van der Waals surface area contributed by atoms with Gasteiger partial charge in [0, 0.05) is 13.0 Å². The summed E-state index contributed by atoms with van der Waals surface area (Å²) >= 11 is 0. The quantitative estimate of drug-likeness (QED) is 0.0985. The second-order valence-corrected chi connectivity index (χ2v) is 14.2. The maximum absolute atomic E-state index is 14.0. The summed E-state index contributed by atoms with van der Waals surface area (Å²) in [5.74, 6) is -5.56. The highest BCUT2D eigenvalue weighted by molar-refractivity contribution is 5.96. The third-order valence-corrected chi connectivity index (χ3v) is 9.70. The van der Waals surface area contributed by atoms with Crippen LogP contribution in [0.15, 0.2) is 60.7 Å². The van der Waals surface area contributed by atoms with Gasteiger partial charge in [-0.2, -0.15) is 0 Å². The fourth-order valence-corrected chi connectivity index (χ4v) is 6.38. The lowest BCUT2D eigenvalue weighted by Gasteiger charge is -2.32. The van der Waals surface area contributed by atoms with Crippen LogP contribution >= 0.6 is 0 Å². The number of aryl methyl sites for hydroxylation is 1. The normalized spacial score (nSPS) is 17.3. The molecule has 15 nitrogen and oxygen atoms in total. The number of amides is 7. The van der Waals surface area contributed by atoms with Gasteiger partial charge in [0.2, 0.25) is 35.4 Å². The molecular formula is C39H55N7O8. The lowest BCUT2D eigenvalue weighted by molar-refractivity contribution is -0.147. The average Bonchev–Trinajstić information content (AvgIpc) is 3.64. The second-order valence-electron chi connectivity index (χ2n) is 14.2. The fourth-order valence-electron chi connectivity index (χ4n) is 6.38. The topological polar surface area (TPSA) is 243 Å². The Kier molecular flexibility index (Phi) is 16.6. The Bertz CT molecular complexity index is 1610. The molecule has 1 aliphatic heterocycles. The van der Waals surface area contributed by atoms with Crippen LogP contribution in [0.5, 0.6) is 0 Å². The highest BCUT2D eigenvalue weighted by Gasteiger charge is 2.42. The standard InChI is InChI=1S/C39H55N7O8/c1-5-24(4)33(38(53)44-32(23(2)3)35(41)50)45-37(52)29-17-12-20-46(29)39(54)34(49)27(21-26-15-10-7-11-16-26)43-36(51)28(22-30(40)47)42-31(48)19-18-25-13-8-6-9-14-25/h6-11,13-16,23-24,27-29,32-34,49H,5,12,17-22H2,1-4H3,(H2,40,47)(H2,41,50)(H,42,48)(H,43,51)(H,44,53)(H,45,52)/t24-,27-,28-,29-,32-,33-,34+/m0/s1. The number of nitrogens with zero attached hydrogens (tertiary/aromatic N) is 1. The van der Waals surface area contributed by atoms with E-state index in [1.54, 1.807) is 51.1 Å². The maximum atomic E-state index is 14.0. The molecule has 1 saturated heterocycles. The van der Waals surface area contributed by atoms with Crippen molar-refractivity contribution in [2.75, 3.05) is 6.54 Å². The molecule has 294 valence electrons. The number of hydrogen-bond acceptors (Lipinski definition) is 8. The van der Waals surface area contributed by atoms with Gasteiger partial charge in [-0.3, -0.25) is 33.6 Å². The number of benzene rings is 2. The Labute approximate surface area is 316 Å². The summed E-state index contributed by atoms with van der Waals surface area (Å²) in [7, 11) is 0. The molecule has 0 unspecified atom stereocenters. The molecule has 7 amide bonds. The van der Waals surface area contributed by atoms with Crippen molar-refractivity contribution in [2.45, 2.75) is 109 Å². The van der Waals surface area contributed by atoms with Gasteiger partial charge in [0.25, 0.3) is 5.91 Å². The Morgan fingerprint density at radius 1 is 0.815 bits per heavy atom. The third-order valence-electron chi connectivity index (χ3n) is 9.70. The highest BCUT2D eigenvalue weighted by atomic mass is 16.3. The van der Waals surface area contributed by atoms with E-state index in [2.05, 4.69) is 21.3 Å². The summed E-state index contributed by atoms with van der Waals surface area (Å²) in [4.78, 5) is 92.7. The van der Waals surface area contributed by atoms with Crippen LogP contribution in [-0.2, 0) is 46.4 Å². The predicted octanol–water partition coefficient (Wildman–Crippen LogP) is 0.216. The van der Waals surface area contributed by atoms with E-state index in [9.17, 15) is 38.7 Å². The molecule has 54 heavy (non-hydrogen) atoms. The molecule has 0 saturated carbocycles. The van der Waals surface area contributed by atoms with Gasteiger partial charge in [0.05, 0.1) is 12.5 Å². The van der Waals surface area contributed by atoms with Crippen molar-refractivity contribution in [2.24, 2.45) is 23.3 Å². The zero-order chi connectivity index (χ0) is 39.9. The largest absolute Gasteiger partial charge is 0.381 e. The first-order valence-electron chi connectivity index (χ1n) is 18.5. The molecule has 9 N–H and O–H groups in total. The molecule has 0 aromatic heterocycles. The van der Waals surface area contributed by atoms with Crippen LogP contribution in [0.3, 0.4) is 0 Å². The van der Waals surface area contributed by atoms with Crippen molar-refractivity contribution < 1.29 is 38.7 Å². The molecular weight excluding hydrogens is 694 g/mol. The average molecular weight is 750 g/mol. The van der Waals surface area contributed by atoms with E-state index in [4.69, 9.17) is 11.5 Å². The van der Waals surface area contributed by atoms with Crippen LogP contribution in [0.4, 0.5) is 0 Å². The molecule has 0 radical (unpaired) electrons. The minimum absolute atomic E-state index is 0.0113. The predicted molar refractivity (Wildman–Crippen MR) is 201 cm³/mol. The van der Waals surface area contributed by atoms with Crippen LogP contribution in [0.25, 0.3) is 0 Å². The Balaban J connectivity index is 1.80. The lowest BCUT2D eigenvalue weighted by atomic mass is 9.96. The molecule has 0 aliphatic carbocycles. The van der Waals surface area contributed by atoms with E-state index in [0.717, 1.165) is 5.56 Å². The van der Waals surface area contributed by atoms with Crippen LogP contribution in [0.1, 0.15) is 70.9 Å². The van der Waals surface area contributed by atoms with Gasteiger partial charge in [0.15, 0.2) is 6.10 Å². The van der Waals surface area contributed by atoms with Crippen LogP contribution in [-0.4, -0.2) is 94.2 Å². The number of rotatable bonds is 20. The zero-order valence-electron chi connectivity index (χ0n) is 31.5. The smallest absolute Gasteiger partial charge is 0.254 e. The molecule has 0 spiro atoms. The molecule has 3 rings (SSSR count). The minimum atomic E-state index is -1.85. The van der Waals surface area contributed by atoms with Crippen LogP contribution < -0.4 is 32.7 Å². The first-order chi connectivity index (χ1) is 25.6. The maximum Gasteiger partial charge on any atom is 0.254 e. The Morgan fingerprint density at radius 2 is 1.43 bits per heavy atom. The number of aliphatic hydroxyl groups excluding tert-OH is 1. The summed E-state index contributed by atoms with van der Waals surface area (Å²) in [6.45, 7) is 7.20. The molecule has 1 heterocycles. The number of nitrogens with one attached hydrogen (secondary N) is 4. The summed E-state index contributed by atoms with van der Waals surface area (Å²) in [5, 5.41) is 22.2. The third kappa shape index (κ3) is 12.7. The van der Waals surface area contributed by atoms with Gasteiger partial charge in [-0.25, -0.2) is 0 Å². The van der Waals surface area contributed by atoms with Crippen molar-refractivity contribution >= 4 is 41.4 Å². The van der Waals surface area contributed by atoms with E-state index < -0.39 is 84.1 Å². The van der Waals surface area contributed by atoms with Gasteiger partial charge in [-0.15, -0.1) is 0 Å². The van der Waals surface area contributed by atoms with Crippen molar-refractivity contribution in [3.63, 3.8) is 0 Å². The number of aliphatic hydroxyl groups is 1. The first-order valence-corrected chi connectivity index (χ1v) is 18.5. The molecule has 1 aliphatic rings. The highest BCUT2D eigenvalue weighted by Crippen LogP contribution is 2.22. The molecule has 7 atom stereocenters. The number of hydrogen-bond donors (Lipinski definition) is 7. The first kappa shape index (κ1) is 43.1. The van der Waals surface area contributed by atoms with E-state index >= 15 is 0 Å². The molecule has 0 bridgehead atoms. The SMILES string of the molecule is CC[C@H](C)[C@H](NC(=O)[C@@H]1CCCN1C(=O)[C@H](O)[C@H](Cc1ccccc1)NC(=O)[C@H](CC(N)=O)NC(=O)CCc1ccccc1)C(=O)N[C@H](C(N)=O)C(C)C. The van der Waals surface area contributed by atoms with Crippen molar-refractivity contribution in [1.29, 1.82) is 0 Å². The number of likely N-dealkylation sites (tertiary alicyclic amines) is 1. The fraction of sp³-hybridized carbons (Fsp3) is 0.513. The van der Waals surface area contributed by atoms with Crippen molar-refractivity contribution in [1.82, 2.24) is 26.2 Å². The van der Waals surface area contributed by atoms with Gasteiger partial charge < -0.3 is 42.7 Å². The van der Waals surface area contributed by atoms with E-state index in [1.807, 2.05) is 37.3 Å². The summed E-state index contributed by atoms with van der Waals surface area (Å²) in [6.07, 6.45) is -0.771. The number of primary amides is 2. The molecule has 1 fully saturated rings. The molecule has 2 aromatic rings. The van der Waals surface area contributed by atoms with Crippen molar-refractivity contribution in [3.8, 4) is 0 Å². The second kappa shape index (κ2) is 20.8. The Hall–Kier alpha value is -5.31. The number of carbonyl (C=O) groups excluding carboxylic acids is 7. The van der Waals surface area contributed by atoms with E-state index in [-0.39, 0.29) is 37.6 Å². The summed E-state index contributed by atoms with van der Waals surface area (Å²) in [5.41, 5.74) is 12.5. The van der Waals surface area contributed by atoms with Gasteiger partial charge in [0.1, 0.15) is 24.2 Å². The van der Waals surface area contributed by atoms with Gasteiger partial charge in [-0.05, 0) is 48.6 Å². The van der Waals surface area contributed by atoms with E-state index in [0.29, 0.717) is 24.8 Å². The molecule has 2 aromatic carbocycles. The molecule has 15 heteroatoms. The van der Waals surface area contributed by atoms with Crippen LogP contribution in [0.2, 0.25) is 0 Å². The number of nitrogens with two attached hydrogens (primary N) is 2. The van der Waals surface area contributed by atoms with E-state index in [1.165, 1.54) is 4.90 Å². The Morgan fingerprint density at radius 3 is 1.98 bits per heavy atom. The zero-order valence-corrected chi connectivity index (χ0v) is 31.5. The number of carbonyl (C=O) groups is 7. The van der Waals surface area contributed by atoms with Gasteiger partial charge >= 0.3 is 0 Å². The summed E-state index contributed by atoms with van der Waals surface area (Å²) in [6, 6.07) is 12.4. The minimum Gasteiger partial charge on any atom is -0.381 e. The van der Waals surface area contributed by atoms with Crippen molar-refractivity contribution in [3.05, 3.63) is 71.8 Å². The summed E-state index contributed by atoms with van der Waals surface area (Å²) < 4.78 is 0. The monoisotopic (exact) mass is 749 g/mol.